The maximum absolute atomic E-state index is 4.72. The van der Waals surface area contributed by atoms with Gasteiger partial charge in [-0.2, -0.15) is 0 Å². The third-order valence-electron chi connectivity index (χ3n) is 5.25. The molecular weight excluding hydrogens is 344 g/mol. The molecule has 0 atom stereocenters. The van der Waals surface area contributed by atoms with Crippen molar-refractivity contribution in [3.05, 3.63) is 107 Å². The van der Waals surface area contributed by atoms with Gasteiger partial charge >= 0.3 is 0 Å². The van der Waals surface area contributed by atoms with E-state index in [2.05, 4.69) is 46.4 Å². The van der Waals surface area contributed by atoms with E-state index < -0.39 is 0 Å². The van der Waals surface area contributed by atoms with E-state index in [-0.39, 0.29) is 0 Å². The zero-order valence-electron chi connectivity index (χ0n) is 14.9. The number of rotatable bonds is 1. The first-order valence-electron chi connectivity index (χ1n) is 9.18. The van der Waals surface area contributed by atoms with Gasteiger partial charge in [0.25, 0.3) is 0 Å². The molecular formula is C24H14N4. The molecule has 4 aromatic rings. The van der Waals surface area contributed by atoms with Crippen molar-refractivity contribution in [3.63, 3.8) is 0 Å². The van der Waals surface area contributed by atoms with E-state index >= 15 is 0 Å². The molecule has 4 nitrogen and oxygen atoms in total. The second-order valence-electron chi connectivity index (χ2n) is 6.79. The highest BCUT2D eigenvalue weighted by Crippen LogP contribution is 2.37. The van der Waals surface area contributed by atoms with E-state index in [0.29, 0.717) is 0 Å². The number of nitrogens with zero attached hydrogens (tertiary/aromatic N) is 4. The van der Waals surface area contributed by atoms with Gasteiger partial charge in [-0.15, -0.1) is 10.2 Å². The highest BCUT2D eigenvalue weighted by atomic mass is 15.2. The Labute approximate surface area is 162 Å². The van der Waals surface area contributed by atoms with Gasteiger partial charge < -0.3 is 0 Å². The quantitative estimate of drug-likeness (QED) is 0.399. The van der Waals surface area contributed by atoms with Crippen molar-refractivity contribution in [1.29, 1.82) is 0 Å². The molecule has 28 heavy (non-hydrogen) atoms. The smallest absolute Gasteiger partial charge is 0.103 e. The third-order valence-corrected chi connectivity index (χ3v) is 5.25. The monoisotopic (exact) mass is 358 g/mol. The summed E-state index contributed by atoms with van der Waals surface area (Å²) in [5.74, 6) is 0. The maximum Gasteiger partial charge on any atom is 0.103 e. The van der Waals surface area contributed by atoms with Gasteiger partial charge in [0.15, 0.2) is 0 Å². The van der Waals surface area contributed by atoms with Crippen LogP contribution in [-0.4, -0.2) is 21.4 Å². The summed E-state index contributed by atoms with van der Waals surface area (Å²) in [6.45, 7) is 0. The summed E-state index contributed by atoms with van der Waals surface area (Å²) in [6.07, 6.45) is 3.64. The highest BCUT2D eigenvalue weighted by Gasteiger charge is 2.28. The number of pyridine rings is 2. The normalized spacial score (nSPS) is 16.0. The van der Waals surface area contributed by atoms with E-state index in [4.69, 9.17) is 10.2 Å². The molecule has 0 bridgehead atoms. The molecule has 2 aromatic carbocycles. The minimum absolute atomic E-state index is 0.862. The van der Waals surface area contributed by atoms with Gasteiger partial charge in [-0.05, 0) is 24.3 Å². The van der Waals surface area contributed by atoms with Crippen LogP contribution < -0.4 is 0 Å². The van der Waals surface area contributed by atoms with Crippen LogP contribution in [0, 0.1) is 0 Å². The van der Waals surface area contributed by atoms with Crippen LogP contribution in [0.2, 0.25) is 0 Å². The van der Waals surface area contributed by atoms with Crippen LogP contribution in [0.25, 0.3) is 22.5 Å². The lowest BCUT2D eigenvalue weighted by Gasteiger charge is -2.01. The topological polar surface area (TPSA) is 50.5 Å². The summed E-state index contributed by atoms with van der Waals surface area (Å²) in [4.78, 5) is 9.13. The zero-order chi connectivity index (χ0) is 18.5. The molecule has 0 unspecified atom stereocenters. The van der Waals surface area contributed by atoms with Crippen molar-refractivity contribution >= 4 is 11.4 Å². The Kier molecular flexibility index (Phi) is 3.14. The number of hydrogen-bond acceptors (Lipinski definition) is 4. The van der Waals surface area contributed by atoms with Crippen LogP contribution in [0.3, 0.4) is 0 Å². The molecule has 0 fully saturated rings. The van der Waals surface area contributed by atoms with Crippen LogP contribution in [0.5, 0.6) is 0 Å². The Bertz CT molecular complexity index is 1120. The molecule has 6 rings (SSSR count). The van der Waals surface area contributed by atoms with Crippen molar-refractivity contribution < 1.29 is 0 Å². The molecule has 0 spiro atoms. The highest BCUT2D eigenvalue weighted by molar-refractivity contribution is 6.26. The molecule has 0 saturated heterocycles. The van der Waals surface area contributed by atoms with E-state index in [1.54, 1.807) is 0 Å². The van der Waals surface area contributed by atoms with Crippen LogP contribution in [0.1, 0.15) is 22.3 Å². The van der Waals surface area contributed by atoms with Gasteiger partial charge in [0.05, 0.1) is 11.4 Å². The van der Waals surface area contributed by atoms with E-state index in [1.807, 2.05) is 48.8 Å². The largest absolute Gasteiger partial charge is 0.256 e. The van der Waals surface area contributed by atoms with Crippen LogP contribution >= 0.6 is 0 Å². The SMILES string of the molecule is c1ccc2c(c1)/C(=N/N=C1/c3ccccc3-c3ncccc31)c1cccnc1-2. The molecule has 2 aliphatic rings. The minimum atomic E-state index is 0.862. The van der Waals surface area contributed by atoms with Gasteiger partial charge in [-0.3, -0.25) is 9.97 Å². The second-order valence-corrected chi connectivity index (χ2v) is 6.79. The standard InChI is InChI=1S/C24H14N4/c1-3-9-17-15(7-1)21-19(11-5-13-25-21)23(17)27-28-24-18-10-4-2-8-16(18)22-20(24)12-6-14-26-22/h1-14H/b27-23-,28-24-. The second kappa shape index (κ2) is 5.79. The van der Waals surface area contributed by atoms with Crippen LogP contribution in [0.15, 0.2) is 95.4 Å². The first kappa shape index (κ1) is 15.2. The van der Waals surface area contributed by atoms with Gasteiger partial charge in [0, 0.05) is 45.8 Å². The average molecular weight is 358 g/mol. The summed E-state index contributed by atoms with van der Waals surface area (Å²) in [5.41, 5.74) is 10.0. The minimum Gasteiger partial charge on any atom is -0.256 e. The molecule has 2 aromatic heterocycles. The number of benzene rings is 2. The summed E-state index contributed by atoms with van der Waals surface area (Å²) in [7, 11) is 0. The first-order chi connectivity index (χ1) is 13.9. The van der Waals surface area contributed by atoms with Crippen molar-refractivity contribution in [1.82, 2.24) is 9.97 Å². The van der Waals surface area contributed by atoms with Crippen molar-refractivity contribution in [3.8, 4) is 22.5 Å². The summed E-state index contributed by atoms with van der Waals surface area (Å²) in [6, 6.07) is 24.4. The van der Waals surface area contributed by atoms with Crippen molar-refractivity contribution in [2.75, 3.05) is 0 Å². The molecule has 0 radical (unpaired) electrons. The molecule has 2 heterocycles. The fraction of sp³-hybridized carbons (Fsp3) is 0. The zero-order valence-corrected chi connectivity index (χ0v) is 14.9. The molecule has 0 aliphatic heterocycles. The van der Waals surface area contributed by atoms with Crippen molar-refractivity contribution in [2.45, 2.75) is 0 Å². The predicted octanol–water partition coefficient (Wildman–Crippen LogP) is 4.73. The Hall–Kier alpha value is -3.92. The lowest BCUT2D eigenvalue weighted by Crippen LogP contribution is -2.01. The summed E-state index contributed by atoms with van der Waals surface area (Å²) in [5, 5.41) is 9.44. The van der Waals surface area contributed by atoms with Gasteiger partial charge in [-0.1, -0.05) is 48.5 Å². The fourth-order valence-electron chi connectivity index (χ4n) is 4.02. The number of hydrogen-bond donors (Lipinski definition) is 0. The first-order valence-corrected chi connectivity index (χ1v) is 9.18. The summed E-state index contributed by atoms with van der Waals surface area (Å²) >= 11 is 0. The van der Waals surface area contributed by atoms with Gasteiger partial charge in [0.2, 0.25) is 0 Å². The van der Waals surface area contributed by atoms with Gasteiger partial charge in [-0.25, -0.2) is 0 Å². The Balaban J connectivity index is 1.58. The van der Waals surface area contributed by atoms with E-state index in [9.17, 15) is 0 Å². The fourth-order valence-corrected chi connectivity index (χ4v) is 4.02. The van der Waals surface area contributed by atoms with Crippen LogP contribution in [0.4, 0.5) is 0 Å². The van der Waals surface area contributed by atoms with E-state index in [1.165, 1.54) is 0 Å². The Morgan fingerprint density at radius 3 is 1.29 bits per heavy atom. The lowest BCUT2D eigenvalue weighted by molar-refractivity contribution is 1.23. The Morgan fingerprint density at radius 1 is 0.429 bits per heavy atom. The molecule has 0 amide bonds. The number of fused-ring (bicyclic) bond motifs is 6. The third kappa shape index (κ3) is 2.06. The van der Waals surface area contributed by atoms with Crippen LogP contribution in [-0.2, 0) is 0 Å². The number of aromatic nitrogens is 2. The molecule has 130 valence electrons. The molecule has 4 heteroatoms. The molecule has 0 N–H and O–H groups in total. The predicted molar refractivity (Wildman–Crippen MR) is 111 cm³/mol. The summed E-state index contributed by atoms with van der Waals surface area (Å²) < 4.78 is 0. The van der Waals surface area contributed by atoms with Crippen molar-refractivity contribution in [2.24, 2.45) is 10.2 Å². The van der Waals surface area contributed by atoms with E-state index in [0.717, 1.165) is 56.2 Å². The average Bonchev–Trinajstić information content (AvgIpc) is 3.26. The maximum atomic E-state index is 4.72. The van der Waals surface area contributed by atoms with Gasteiger partial charge in [0.1, 0.15) is 11.4 Å². The molecule has 2 aliphatic carbocycles. The molecule has 0 saturated carbocycles. The Morgan fingerprint density at radius 2 is 0.821 bits per heavy atom. The lowest BCUT2D eigenvalue weighted by atomic mass is 10.1.